The Morgan fingerprint density at radius 3 is 2.00 bits per heavy atom. The Balaban J connectivity index is 4.28. The summed E-state index contributed by atoms with van der Waals surface area (Å²) < 4.78 is 0. The predicted molar refractivity (Wildman–Crippen MR) is 60.9 cm³/mol. The Bertz CT molecular complexity index is 290. The Morgan fingerprint density at radius 2 is 1.54 bits per heavy atom. The first-order valence-corrected chi connectivity index (χ1v) is 3.92. The van der Waals surface area contributed by atoms with Crippen molar-refractivity contribution in [1.82, 2.24) is 0 Å². The van der Waals surface area contributed by atoms with Crippen LogP contribution >= 0.6 is 0 Å². The van der Waals surface area contributed by atoms with Gasteiger partial charge in [0.2, 0.25) is 0 Å². The summed E-state index contributed by atoms with van der Waals surface area (Å²) >= 11 is 0. The molecule has 0 unspecified atom stereocenters. The Labute approximate surface area is 80.2 Å². The van der Waals surface area contributed by atoms with Crippen molar-refractivity contribution in [3.63, 3.8) is 0 Å². The second-order valence-electron chi connectivity index (χ2n) is 2.73. The van der Waals surface area contributed by atoms with Gasteiger partial charge in [-0.05, 0) is 30.9 Å². The van der Waals surface area contributed by atoms with Crippen molar-refractivity contribution in [2.75, 3.05) is 0 Å². The molecule has 0 saturated carbocycles. The zero-order valence-corrected chi connectivity index (χ0v) is 8.09. The largest absolute Gasteiger partial charge is 0.272 e. The van der Waals surface area contributed by atoms with Crippen LogP contribution in [-0.2, 0) is 0 Å². The summed E-state index contributed by atoms with van der Waals surface area (Å²) in [5.41, 5.74) is 2.66. The molecule has 0 rings (SSSR count). The zero-order valence-electron chi connectivity index (χ0n) is 8.09. The maximum atomic E-state index is 3.84. The Morgan fingerprint density at radius 1 is 1.00 bits per heavy atom. The molecule has 13 heavy (non-hydrogen) atoms. The van der Waals surface area contributed by atoms with E-state index in [1.807, 2.05) is 19.1 Å². The van der Waals surface area contributed by atoms with E-state index in [0.717, 1.165) is 16.7 Å². The first kappa shape index (κ1) is 11.4. The third kappa shape index (κ3) is 5.62. The molecular weight excluding hydrogens is 158 g/mol. The highest BCUT2D eigenvalue weighted by Gasteiger charge is 1.89. The topological polar surface area (TPSA) is 12.4 Å². The zero-order chi connectivity index (χ0) is 10.3. The number of hydrogen-bond donors (Lipinski definition) is 0. The van der Waals surface area contributed by atoms with Gasteiger partial charge in [-0.2, -0.15) is 0 Å². The van der Waals surface area contributed by atoms with Crippen molar-refractivity contribution in [3.05, 3.63) is 60.9 Å². The van der Waals surface area contributed by atoms with E-state index in [-0.39, 0.29) is 0 Å². The second kappa shape index (κ2) is 5.95. The Kier molecular flexibility index (Phi) is 5.20. The van der Waals surface area contributed by atoms with E-state index < -0.39 is 0 Å². The molecular formula is C12H15N. The molecule has 0 aromatic rings. The molecule has 0 aromatic carbocycles. The molecule has 0 bridgehead atoms. The van der Waals surface area contributed by atoms with Crippen LogP contribution < -0.4 is 0 Å². The number of allylic oxidation sites excluding steroid dienone is 6. The van der Waals surface area contributed by atoms with Crippen LogP contribution in [0.4, 0.5) is 0 Å². The normalized spacial score (nSPS) is 10.5. The summed E-state index contributed by atoms with van der Waals surface area (Å²) in [5.74, 6) is 0. The molecule has 0 spiro atoms. The van der Waals surface area contributed by atoms with Gasteiger partial charge in [-0.25, -0.2) is 0 Å². The molecule has 0 aromatic heterocycles. The summed E-state index contributed by atoms with van der Waals surface area (Å²) in [4.78, 5) is 3.58. The van der Waals surface area contributed by atoms with Crippen molar-refractivity contribution >= 4 is 6.72 Å². The van der Waals surface area contributed by atoms with E-state index in [9.17, 15) is 0 Å². The van der Waals surface area contributed by atoms with Crippen molar-refractivity contribution < 1.29 is 0 Å². The van der Waals surface area contributed by atoms with Gasteiger partial charge < -0.3 is 0 Å². The molecule has 0 aliphatic heterocycles. The number of nitrogens with zero attached hydrogens (tertiary/aromatic N) is 1. The number of hydrogen-bond acceptors (Lipinski definition) is 1. The van der Waals surface area contributed by atoms with E-state index in [1.165, 1.54) is 0 Å². The number of aliphatic imine (C=N–C) groups is 1. The van der Waals surface area contributed by atoms with Crippen LogP contribution in [0.3, 0.4) is 0 Å². The van der Waals surface area contributed by atoms with Crippen molar-refractivity contribution in [2.45, 2.75) is 6.92 Å². The fourth-order valence-corrected chi connectivity index (χ4v) is 0.600. The highest BCUT2D eigenvalue weighted by molar-refractivity contribution is 5.44. The average Bonchev–Trinajstić information content (AvgIpc) is 2.10. The van der Waals surface area contributed by atoms with Crippen LogP contribution in [0, 0.1) is 0 Å². The van der Waals surface area contributed by atoms with Gasteiger partial charge >= 0.3 is 0 Å². The minimum Gasteiger partial charge on any atom is -0.272 e. The van der Waals surface area contributed by atoms with Crippen LogP contribution in [0.1, 0.15) is 6.92 Å². The fraction of sp³-hybridized carbons (Fsp3) is 0.0833. The van der Waals surface area contributed by atoms with E-state index in [4.69, 9.17) is 0 Å². The summed E-state index contributed by atoms with van der Waals surface area (Å²) in [6.07, 6.45) is 7.11. The number of rotatable bonds is 5. The van der Waals surface area contributed by atoms with Crippen LogP contribution in [0.15, 0.2) is 65.9 Å². The standard InChI is InChI=1S/C12H15N/c1-10(2)6-7-11(3)12(4)8-9-13-5/h6-9H,1,3-5H2,2H3/b7-6-,9-8-. The van der Waals surface area contributed by atoms with E-state index in [2.05, 4.69) is 31.4 Å². The minimum atomic E-state index is 0.824. The third-order valence-corrected chi connectivity index (χ3v) is 1.36. The molecule has 0 N–H and O–H groups in total. The maximum absolute atomic E-state index is 3.84. The Hall–Kier alpha value is -1.63. The lowest BCUT2D eigenvalue weighted by Crippen LogP contribution is -1.77. The lowest BCUT2D eigenvalue weighted by atomic mass is 10.1. The molecule has 1 heteroatoms. The van der Waals surface area contributed by atoms with Gasteiger partial charge in [0.25, 0.3) is 0 Å². The van der Waals surface area contributed by atoms with Crippen LogP contribution in [0.25, 0.3) is 0 Å². The van der Waals surface area contributed by atoms with Gasteiger partial charge in [-0.15, -0.1) is 0 Å². The van der Waals surface area contributed by atoms with E-state index in [1.54, 1.807) is 12.3 Å². The summed E-state index contributed by atoms with van der Waals surface area (Å²) in [7, 11) is 0. The minimum absolute atomic E-state index is 0.824. The molecule has 0 saturated heterocycles. The van der Waals surface area contributed by atoms with Crippen LogP contribution in [-0.4, -0.2) is 6.72 Å². The van der Waals surface area contributed by atoms with Crippen molar-refractivity contribution in [2.24, 2.45) is 4.99 Å². The highest BCUT2D eigenvalue weighted by atomic mass is 14.6. The van der Waals surface area contributed by atoms with Gasteiger partial charge in [-0.1, -0.05) is 37.5 Å². The molecule has 0 amide bonds. The highest BCUT2D eigenvalue weighted by Crippen LogP contribution is 2.09. The first-order valence-electron chi connectivity index (χ1n) is 3.92. The fourth-order valence-electron chi connectivity index (χ4n) is 0.600. The SMILES string of the molecule is C=N/C=C\C(=C)C(=C)/C=C\C(=C)C. The van der Waals surface area contributed by atoms with E-state index in [0.29, 0.717) is 0 Å². The quantitative estimate of drug-likeness (QED) is 0.446. The molecule has 0 fully saturated rings. The average molecular weight is 173 g/mol. The molecule has 68 valence electrons. The molecule has 0 atom stereocenters. The molecule has 0 heterocycles. The van der Waals surface area contributed by atoms with Crippen LogP contribution in [0.5, 0.6) is 0 Å². The van der Waals surface area contributed by atoms with Crippen LogP contribution in [0.2, 0.25) is 0 Å². The van der Waals surface area contributed by atoms with Gasteiger partial charge in [-0.3, -0.25) is 4.99 Å². The third-order valence-electron chi connectivity index (χ3n) is 1.36. The maximum Gasteiger partial charge on any atom is 0.0266 e. The molecule has 0 aliphatic carbocycles. The van der Waals surface area contributed by atoms with Crippen molar-refractivity contribution in [1.29, 1.82) is 0 Å². The van der Waals surface area contributed by atoms with Crippen molar-refractivity contribution in [3.8, 4) is 0 Å². The lowest BCUT2D eigenvalue weighted by molar-refractivity contribution is 1.50. The molecule has 0 aliphatic rings. The summed E-state index contributed by atoms with van der Waals surface area (Å²) in [6.45, 7) is 16.6. The lowest BCUT2D eigenvalue weighted by Gasteiger charge is -1.97. The monoisotopic (exact) mass is 173 g/mol. The van der Waals surface area contributed by atoms with Gasteiger partial charge in [0, 0.05) is 6.20 Å². The van der Waals surface area contributed by atoms with Gasteiger partial charge in [0.05, 0.1) is 0 Å². The summed E-state index contributed by atoms with van der Waals surface area (Å²) in [6, 6.07) is 0. The second-order valence-corrected chi connectivity index (χ2v) is 2.73. The van der Waals surface area contributed by atoms with Gasteiger partial charge in [0.15, 0.2) is 0 Å². The smallest absolute Gasteiger partial charge is 0.0266 e. The molecule has 1 nitrogen and oxygen atoms in total. The van der Waals surface area contributed by atoms with E-state index >= 15 is 0 Å². The molecule has 0 radical (unpaired) electrons. The van der Waals surface area contributed by atoms with Gasteiger partial charge in [0.1, 0.15) is 0 Å². The predicted octanol–water partition coefficient (Wildman–Crippen LogP) is 3.45. The first-order chi connectivity index (χ1) is 6.07. The summed E-state index contributed by atoms with van der Waals surface area (Å²) in [5, 5.41) is 0.